The minimum Gasteiger partial charge on any atom is -0.478 e. The van der Waals surface area contributed by atoms with Crippen molar-refractivity contribution in [2.24, 2.45) is 5.10 Å². The number of nitrogens with one attached hydrogen (secondary N) is 1. The van der Waals surface area contributed by atoms with Crippen LogP contribution >= 0.6 is 0 Å². The van der Waals surface area contributed by atoms with Gasteiger partial charge in [0.2, 0.25) is 5.91 Å². The quantitative estimate of drug-likeness (QED) is 0.370. The van der Waals surface area contributed by atoms with Crippen LogP contribution in [0.15, 0.2) is 88.4 Å². The smallest absolute Gasteiger partial charge is 0.336 e. The molecule has 4 rings (SSSR count). The van der Waals surface area contributed by atoms with E-state index in [9.17, 15) is 14.7 Å². The number of hydrazone groups is 1. The predicted octanol–water partition coefficient (Wildman–Crippen LogP) is 4.49. The molecule has 0 radical (unpaired) electrons. The van der Waals surface area contributed by atoms with E-state index < -0.39 is 5.97 Å². The minimum atomic E-state index is -1.03. The van der Waals surface area contributed by atoms with Gasteiger partial charge in [-0.1, -0.05) is 60.7 Å². The third-order valence-electron chi connectivity index (χ3n) is 4.66. The van der Waals surface area contributed by atoms with Crippen molar-refractivity contribution >= 4 is 28.9 Å². The summed E-state index contributed by atoms with van der Waals surface area (Å²) in [6.07, 6.45) is 1.59. The van der Waals surface area contributed by atoms with Gasteiger partial charge in [0, 0.05) is 5.56 Å². The van der Waals surface area contributed by atoms with Gasteiger partial charge in [-0.05, 0) is 34.5 Å². The van der Waals surface area contributed by atoms with Crippen LogP contribution in [0.1, 0.15) is 21.7 Å². The lowest BCUT2D eigenvalue weighted by Crippen LogP contribution is -2.19. The Balaban J connectivity index is 1.43. The Bertz CT molecular complexity index is 1250. The van der Waals surface area contributed by atoms with Crippen LogP contribution in [0, 0.1) is 0 Å². The number of benzene rings is 3. The zero-order valence-corrected chi connectivity index (χ0v) is 15.9. The maximum Gasteiger partial charge on any atom is 0.336 e. The first-order chi connectivity index (χ1) is 14.6. The molecule has 6 nitrogen and oxygen atoms in total. The summed E-state index contributed by atoms with van der Waals surface area (Å²) in [6, 6.07) is 23.7. The van der Waals surface area contributed by atoms with Gasteiger partial charge in [0.25, 0.3) is 0 Å². The van der Waals surface area contributed by atoms with Crippen molar-refractivity contribution in [1.82, 2.24) is 5.43 Å². The summed E-state index contributed by atoms with van der Waals surface area (Å²) in [5.74, 6) is -0.462. The Morgan fingerprint density at radius 2 is 1.70 bits per heavy atom. The van der Waals surface area contributed by atoms with Crippen molar-refractivity contribution in [3.05, 3.63) is 95.7 Å². The SMILES string of the molecule is O=C(Cc1cccc2ccccc12)N/N=C/c1ccc(-c2ccccc2C(=O)O)o1. The summed E-state index contributed by atoms with van der Waals surface area (Å²) < 4.78 is 5.65. The molecule has 0 unspecified atom stereocenters. The van der Waals surface area contributed by atoms with Gasteiger partial charge in [-0.3, -0.25) is 4.79 Å². The number of amides is 1. The molecule has 1 aromatic heterocycles. The van der Waals surface area contributed by atoms with E-state index >= 15 is 0 Å². The standard InChI is InChI=1S/C24H18N2O4/c27-23(14-17-8-5-7-16-6-1-2-9-19(16)17)26-25-15-18-12-13-22(30-18)20-10-3-4-11-21(20)24(28)29/h1-13,15H,14H2,(H,26,27)(H,28,29)/b25-15+. The number of furan rings is 1. The zero-order valence-electron chi connectivity index (χ0n) is 15.9. The fourth-order valence-corrected chi connectivity index (χ4v) is 3.28. The van der Waals surface area contributed by atoms with Gasteiger partial charge in [-0.2, -0.15) is 5.10 Å². The molecule has 0 fully saturated rings. The molecule has 0 saturated heterocycles. The maximum atomic E-state index is 12.3. The van der Waals surface area contributed by atoms with E-state index in [-0.39, 0.29) is 17.9 Å². The van der Waals surface area contributed by atoms with Gasteiger partial charge in [0.15, 0.2) is 0 Å². The lowest BCUT2D eigenvalue weighted by Gasteiger charge is -2.05. The van der Waals surface area contributed by atoms with E-state index in [0.29, 0.717) is 17.1 Å². The average Bonchev–Trinajstić information content (AvgIpc) is 3.23. The molecule has 0 spiro atoms. The molecule has 4 aromatic rings. The number of nitrogens with zero attached hydrogens (tertiary/aromatic N) is 1. The summed E-state index contributed by atoms with van der Waals surface area (Å²) in [7, 11) is 0. The van der Waals surface area contributed by atoms with Crippen molar-refractivity contribution in [3.8, 4) is 11.3 Å². The molecule has 30 heavy (non-hydrogen) atoms. The van der Waals surface area contributed by atoms with Crippen LogP contribution in [0.4, 0.5) is 0 Å². The molecular weight excluding hydrogens is 380 g/mol. The summed E-state index contributed by atoms with van der Waals surface area (Å²) in [5.41, 5.74) is 4.05. The normalized spacial score (nSPS) is 11.1. The fourth-order valence-electron chi connectivity index (χ4n) is 3.28. The number of carboxylic acids is 1. The van der Waals surface area contributed by atoms with Crippen LogP contribution < -0.4 is 5.43 Å². The second kappa shape index (κ2) is 8.45. The van der Waals surface area contributed by atoms with Crippen LogP contribution in [-0.2, 0) is 11.2 Å². The first-order valence-electron chi connectivity index (χ1n) is 9.33. The van der Waals surface area contributed by atoms with Crippen molar-refractivity contribution in [2.75, 3.05) is 0 Å². The number of hydrogen-bond donors (Lipinski definition) is 2. The summed E-state index contributed by atoms with van der Waals surface area (Å²) in [6.45, 7) is 0. The lowest BCUT2D eigenvalue weighted by atomic mass is 10.0. The number of rotatable bonds is 6. The molecular formula is C24H18N2O4. The Labute approximate surface area is 172 Å². The largest absolute Gasteiger partial charge is 0.478 e. The number of hydrogen-bond acceptors (Lipinski definition) is 4. The first-order valence-corrected chi connectivity index (χ1v) is 9.33. The number of carbonyl (C=O) groups excluding carboxylic acids is 1. The average molecular weight is 398 g/mol. The second-order valence-corrected chi connectivity index (χ2v) is 6.66. The monoisotopic (exact) mass is 398 g/mol. The highest BCUT2D eigenvalue weighted by atomic mass is 16.4. The zero-order chi connectivity index (χ0) is 20.9. The molecule has 0 aliphatic rings. The van der Waals surface area contributed by atoms with Gasteiger partial charge in [-0.15, -0.1) is 0 Å². The van der Waals surface area contributed by atoms with Crippen molar-refractivity contribution < 1.29 is 19.1 Å². The molecule has 3 aromatic carbocycles. The summed E-state index contributed by atoms with van der Waals surface area (Å²) in [5, 5.41) is 15.4. The van der Waals surface area contributed by atoms with E-state index in [1.807, 2.05) is 42.5 Å². The highest BCUT2D eigenvalue weighted by Gasteiger charge is 2.13. The fraction of sp³-hybridized carbons (Fsp3) is 0.0417. The van der Waals surface area contributed by atoms with E-state index in [4.69, 9.17) is 4.42 Å². The van der Waals surface area contributed by atoms with E-state index in [0.717, 1.165) is 16.3 Å². The minimum absolute atomic E-state index is 0.152. The van der Waals surface area contributed by atoms with Gasteiger partial charge in [0.05, 0.1) is 18.2 Å². The molecule has 0 bridgehead atoms. The molecule has 1 amide bonds. The van der Waals surface area contributed by atoms with Gasteiger partial charge in [0.1, 0.15) is 11.5 Å². The molecule has 0 atom stereocenters. The predicted molar refractivity (Wildman–Crippen MR) is 114 cm³/mol. The Hall–Kier alpha value is -4.19. The third kappa shape index (κ3) is 4.12. The van der Waals surface area contributed by atoms with Gasteiger partial charge < -0.3 is 9.52 Å². The molecule has 0 saturated carbocycles. The molecule has 1 heterocycles. The number of fused-ring (bicyclic) bond motifs is 1. The number of carbonyl (C=O) groups is 2. The Kier molecular flexibility index (Phi) is 5.39. The Morgan fingerprint density at radius 1 is 0.933 bits per heavy atom. The first kappa shape index (κ1) is 19.1. The number of carboxylic acid groups (broad SMARTS) is 1. The third-order valence-corrected chi connectivity index (χ3v) is 4.66. The highest BCUT2D eigenvalue weighted by Crippen LogP contribution is 2.25. The van der Waals surface area contributed by atoms with E-state index in [2.05, 4.69) is 10.5 Å². The van der Waals surface area contributed by atoms with Crippen LogP contribution in [0.2, 0.25) is 0 Å². The highest BCUT2D eigenvalue weighted by molar-refractivity contribution is 5.95. The summed E-state index contributed by atoms with van der Waals surface area (Å²) >= 11 is 0. The maximum absolute atomic E-state index is 12.3. The number of aromatic carboxylic acids is 1. The molecule has 2 N–H and O–H groups in total. The van der Waals surface area contributed by atoms with Gasteiger partial charge >= 0.3 is 5.97 Å². The van der Waals surface area contributed by atoms with Crippen molar-refractivity contribution in [2.45, 2.75) is 6.42 Å². The van der Waals surface area contributed by atoms with Crippen LogP contribution in [0.3, 0.4) is 0 Å². The second-order valence-electron chi connectivity index (χ2n) is 6.66. The van der Waals surface area contributed by atoms with Crippen molar-refractivity contribution in [1.29, 1.82) is 0 Å². The molecule has 0 aliphatic carbocycles. The Morgan fingerprint density at radius 3 is 2.57 bits per heavy atom. The van der Waals surface area contributed by atoms with Crippen LogP contribution in [-0.4, -0.2) is 23.2 Å². The molecule has 0 aliphatic heterocycles. The molecule has 148 valence electrons. The van der Waals surface area contributed by atoms with Crippen molar-refractivity contribution in [3.63, 3.8) is 0 Å². The van der Waals surface area contributed by atoms with Crippen LogP contribution in [0.5, 0.6) is 0 Å². The molecule has 6 heteroatoms. The lowest BCUT2D eigenvalue weighted by molar-refractivity contribution is -0.120. The van der Waals surface area contributed by atoms with E-state index in [1.165, 1.54) is 12.3 Å². The summed E-state index contributed by atoms with van der Waals surface area (Å²) in [4.78, 5) is 23.6. The van der Waals surface area contributed by atoms with Gasteiger partial charge in [-0.25, -0.2) is 10.2 Å². The van der Waals surface area contributed by atoms with Crippen LogP contribution in [0.25, 0.3) is 22.1 Å². The topological polar surface area (TPSA) is 91.9 Å². The van der Waals surface area contributed by atoms with E-state index in [1.54, 1.807) is 30.3 Å².